The molecule has 0 saturated carbocycles. The number of carbonyl (C=O) groups is 1. The van der Waals surface area contributed by atoms with Crippen molar-refractivity contribution < 1.29 is 4.79 Å². The molecule has 148 valence electrons. The molecule has 0 aliphatic carbocycles. The minimum atomic E-state index is 0. The molecule has 0 spiro atoms. The lowest BCUT2D eigenvalue weighted by Crippen LogP contribution is -2.33. The Bertz CT molecular complexity index is 736. The molecule has 1 aliphatic rings. The van der Waals surface area contributed by atoms with Crippen molar-refractivity contribution in [3.8, 4) is 0 Å². The Morgan fingerprint density at radius 1 is 1.30 bits per heavy atom. The number of halogens is 1. The van der Waals surface area contributed by atoms with Crippen LogP contribution in [0, 0.1) is 19.8 Å². The van der Waals surface area contributed by atoms with Crippen LogP contribution in [0.25, 0.3) is 0 Å². The molecule has 2 N–H and O–H groups in total. The van der Waals surface area contributed by atoms with E-state index in [-0.39, 0.29) is 24.4 Å². The van der Waals surface area contributed by atoms with Crippen LogP contribution in [0.5, 0.6) is 0 Å². The molecule has 1 amide bonds. The van der Waals surface area contributed by atoms with Crippen molar-refractivity contribution in [3.63, 3.8) is 0 Å². The molecule has 4 nitrogen and oxygen atoms in total. The van der Waals surface area contributed by atoms with Gasteiger partial charge < -0.3 is 15.2 Å². The molecule has 1 saturated heterocycles. The largest absolute Gasteiger partial charge is 0.352 e. The van der Waals surface area contributed by atoms with Gasteiger partial charge in [0.25, 0.3) is 5.91 Å². The molecule has 2 atom stereocenters. The third-order valence-corrected chi connectivity index (χ3v) is 5.64. The van der Waals surface area contributed by atoms with Crippen molar-refractivity contribution in [2.45, 2.75) is 46.1 Å². The first kappa shape index (κ1) is 21.5. The summed E-state index contributed by atoms with van der Waals surface area (Å²) in [5, 5.41) is 6.56. The van der Waals surface area contributed by atoms with E-state index < -0.39 is 0 Å². The maximum absolute atomic E-state index is 12.7. The molecule has 27 heavy (non-hydrogen) atoms. The van der Waals surface area contributed by atoms with Gasteiger partial charge in [-0.15, -0.1) is 12.4 Å². The number of piperidine rings is 1. The summed E-state index contributed by atoms with van der Waals surface area (Å²) >= 11 is 0. The number of aryl methyl sites for hydroxylation is 1. The van der Waals surface area contributed by atoms with E-state index in [4.69, 9.17) is 0 Å². The number of carbonyl (C=O) groups excluding carboxylic acids is 1. The van der Waals surface area contributed by atoms with Gasteiger partial charge >= 0.3 is 0 Å². The van der Waals surface area contributed by atoms with Crippen molar-refractivity contribution in [2.24, 2.45) is 5.92 Å². The van der Waals surface area contributed by atoms with Gasteiger partial charge in [-0.3, -0.25) is 4.79 Å². The summed E-state index contributed by atoms with van der Waals surface area (Å²) in [6.07, 6.45) is 3.57. The minimum absolute atomic E-state index is 0. The van der Waals surface area contributed by atoms with Crippen LogP contribution in [0.15, 0.2) is 36.4 Å². The van der Waals surface area contributed by atoms with E-state index in [0.717, 1.165) is 43.0 Å². The molecular weight excluding hydrogens is 358 g/mol. The lowest BCUT2D eigenvalue weighted by Gasteiger charge is -2.22. The van der Waals surface area contributed by atoms with E-state index in [1.54, 1.807) is 0 Å². The van der Waals surface area contributed by atoms with Crippen molar-refractivity contribution in [1.29, 1.82) is 0 Å². The second-order valence-electron chi connectivity index (χ2n) is 7.50. The predicted octanol–water partition coefficient (Wildman–Crippen LogP) is 4.26. The topological polar surface area (TPSA) is 46.1 Å². The number of hydrogen-bond donors (Lipinski definition) is 2. The van der Waals surface area contributed by atoms with E-state index in [9.17, 15) is 4.79 Å². The first-order valence-corrected chi connectivity index (χ1v) is 9.80. The average molecular weight is 390 g/mol. The fraction of sp³-hybridized carbons (Fsp3) is 0.500. The number of amides is 1. The lowest BCUT2D eigenvalue weighted by molar-refractivity contribution is 0.0950. The van der Waals surface area contributed by atoms with Crippen LogP contribution < -0.4 is 10.6 Å². The second-order valence-corrected chi connectivity index (χ2v) is 7.50. The van der Waals surface area contributed by atoms with Crippen molar-refractivity contribution >= 4 is 18.3 Å². The Labute approximate surface area is 169 Å². The van der Waals surface area contributed by atoms with Crippen LogP contribution in [0.1, 0.15) is 59.5 Å². The monoisotopic (exact) mass is 389 g/mol. The van der Waals surface area contributed by atoms with Crippen LogP contribution in [-0.4, -0.2) is 30.1 Å². The van der Waals surface area contributed by atoms with Crippen LogP contribution in [-0.2, 0) is 0 Å². The Hall–Kier alpha value is -1.78. The van der Waals surface area contributed by atoms with Crippen molar-refractivity contribution in [1.82, 2.24) is 15.2 Å². The van der Waals surface area contributed by atoms with Gasteiger partial charge in [-0.25, -0.2) is 0 Å². The predicted molar refractivity (Wildman–Crippen MR) is 114 cm³/mol. The normalized spacial score (nSPS) is 17.8. The summed E-state index contributed by atoms with van der Waals surface area (Å²) in [6.45, 7) is 9.28. The molecule has 0 radical (unpaired) electrons. The summed E-state index contributed by atoms with van der Waals surface area (Å²) in [4.78, 5) is 12.7. The standard InChI is InChI=1S/C22H31N3O.ClH/c1-16-14-21(22(26)24-13-11-19-8-7-12-23-15-19)18(3)25(16)17(2)20-9-5-4-6-10-20;/h4-6,9-10,14,17,19,23H,7-8,11-13,15H2,1-3H3,(H,24,26);1H. The second kappa shape index (κ2) is 9.95. The van der Waals surface area contributed by atoms with Crippen LogP contribution in [0.4, 0.5) is 0 Å². The zero-order valence-electron chi connectivity index (χ0n) is 16.6. The molecule has 1 aromatic heterocycles. The summed E-state index contributed by atoms with van der Waals surface area (Å²) < 4.78 is 2.26. The highest BCUT2D eigenvalue weighted by atomic mass is 35.5. The van der Waals surface area contributed by atoms with E-state index in [1.165, 1.54) is 18.4 Å². The third kappa shape index (κ3) is 5.14. The summed E-state index contributed by atoms with van der Waals surface area (Å²) in [6, 6.07) is 12.7. The van der Waals surface area contributed by atoms with Gasteiger partial charge in [0.1, 0.15) is 0 Å². The highest BCUT2D eigenvalue weighted by Gasteiger charge is 2.20. The molecule has 1 aliphatic heterocycles. The zero-order valence-corrected chi connectivity index (χ0v) is 17.4. The number of hydrogen-bond acceptors (Lipinski definition) is 2. The van der Waals surface area contributed by atoms with Gasteiger partial charge in [-0.05, 0) is 70.7 Å². The number of rotatable bonds is 6. The fourth-order valence-corrected chi connectivity index (χ4v) is 4.14. The quantitative estimate of drug-likeness (QED) is 0.775. The Morgan fingerprint density at radius 2 is 2.04 bits per heavy atom. The lowest BCUT2D eigenvalue weighted by atomic mass is 9.96. The van der Waals surface area contributed by atoms with Crippen molar-refractivity contribution in [3.05, 3.63) is 58.9 Å². The van der Waals surface area contributed by atoms with Gasteiger partial charge in [0.15, 0.2) is 0 Å². The molecule has 2 unspecified atom stereocenters. The molecule has 3 rings (SSSR count). The van der Waals surface area contributed by atoms with Gasteiger partial charge in [-0.2, -0.15) is 0 Å². The molecule has 2 aromatic rings. The summed E-state index contributed by atoms with van der Waals surface area (Å²) in [7, 11) is 0. The van der Waals surface area contributed by atoms with Crippen LogP contribution >= 0.6 is 12.4 Å². The molecule has 2 heterocycles. The van der Waals surface area contributed by atoms with Crippen LogP contribution in [0.2, 0.25) is 0 Å². The first-order valence-electron chi connectivity index (χ1n) is 9.80. The smallest absolute Gasteiger partial charge is 0.253 e. The van der Waals surface area contributed by atoms with Gasteiger partial charge in [0, 0.05) is 17.9 Å². The SMILES string of the molecule is Cc1cc(C(=O)NCCC2CCCNC2)c(C)n1C(C)c1ccccc1.Cl. The maximum atomic E-state index is 12.7. The zero-order chi connectivity index (χ0) is 18.5. The third-order valence-electron chi connectivity index (χ3n) is 5.64. The molecule has 1 aromatic carbocycles. The molecular formula is C22H32ClN3O. The molecule has 5 heteroatoms. The Kier molecular flexibility index (Phi) is 7.93. The summed E-state index contributed by atoms with van der Waals surface area (Å²) in [5.41, 5.74) is 4.22. The average Bonchev–Trinajstić information content (AvgIpc) is 2.97. The highest BCUT2D eigenvalue weighted by Crippen LogP contribution is 2.25. The first-order chi connectivity index (χ1) is 12.6. The molecule has 0 bridgehead atoms. The number of nitrogens with zero attached hydrogens (tertiary/aromatic N) is 1. The van der Waals surface area contributed by atoms with Crippen LogP contribution in [0.3, 0.4) is 0 Å². The van der Waals surface area contributed by atoms with E-state index in [0.29, 0.717) is 5.92 Å². The Balaban J connectivity index is 0.00000261. The number of nitrogens with one attached hydrogen (secondary N) is 2. The van der Waals surface area contributed by atoms with Gasteiger partial charge in [-0.1, -0.05) is 30.3 Å². The van der Waals surface area contributed by atoms with Gasteiger partial charge in [0.2, 0.25) is 0 Å². The molecule has 1 fully saturated rings. The highest BCUT2D eigenvalue weighted by molar-refractivity contribution is 5.95. The summed E-state index contributed by atoms with van der Waals surface area (Å²) in [5.74, 6) is 0.739. The number of benzene rings is 1. The Morgan fingerprint density at radius 3 is 2.70 bits per heavy atom. The minimum Gasteiger partial charge on any atom is -0.352 e. The van der Waals surface area contributed by atoms with E-state index in [2.05, 4.69) is 53.3 Å². The number of aromatic nitrogens is 1. The van der Waals surface area contributed by atoms with E-state index >= 15 is 0 Å². The van der Waals surface area contributed by atoms with Crippen molar-refractivity contribution in [2.75, 3.05) is 19.6 Å². The van der Waals surface area contributed by atoms with Gasteiger partial charge in [0.05, 0.1) is 11.6 Å². The fourth-order valence-electron chi connectivity index (χ4n) is 4.14. The maximum Gasteiger partial charge on any atom is 0.253 e. The van der Waals surface area contributed by atoms with E-state index in [1.807, 2.05) is 19.1 Å².